The highest BCUT2D eigenvalue weighted by atomic mass is 16.6. The van der Waals surface area contributed by atoms with Gasteiger partial charge in [-0.1, -0.05) is 30.3 Å². The highest BCUT2D eigenvalue weighted by molar-refractivity contribution is 5.89. The van der Waals surface area contributed by atoms with Gasteiger partial charge in [-0.3, -0.25) is 0 Å². The number of amides is 1. The van der Waals surface area contributed by atoms with E-state index in [4.69, 9.17) is 14.2 Å². The minimum Gasteiger partial charge on any atom is -0.491 e. The number of hydrogen-bond acceptors (Lipinski definition) is 5. The summed E-state index contributed by atoms with van der Waals surface area (Å²) in [5.74, 6) is -0.588. The van der Waals surface area contributed by atoms with E-state index in [-0.39, 0.29) is 6.42 Å². The van der Waals surface area contributed by atoms with Crippen molar-refractivity contribution in [2.45, 2.75) is 38.8 Å². The molecule has 0 aliphatic heterocycles. The molecular weight excluding hydrogens is 362 g/mol. The normalized spacial score (nSPS) is 12.4. The van der Waals surface area contributed by atoms with Crippen molar-refractivity contribution in [3.63, 3.8) is 0 Å². The van der Waals surface area contributed by atoms with Crippen LogP contribution in [0.4, 0.5) is 4.79 Å². The van der Waals surface area contributed by atoms with Crippen molar-refractivity contribution in [1.82, 2.24) is 5.32 Å². The van der Waals surface area contributed by atoms with Crippen molar-refractivity contribution >= 4 is 22.8 Å². The van der Waals surface area contributed by atoms with E-state index in [0.29, 0.717) is 24.5 Å². The third-order valence-corrected chi connectivity index (χ3v) is 3.94. The molecule has 28 heavy (non-hydrogen) atoms. The predicted molar refractivity (Wildman–Crippen MR) is 106 cm³/mol. The molecule has 7 nitrogen and oxygen atoms in total. The van der Waals surface area contributed by atoms with E-state index >= 15 is 0 Å². The summed E-state index contributed by atoms with van der Waals surface area (Å²) in [6, 6.07) is 10.2. The van der Waals surface area contributed by atoms with E-state index in [0.717, 1.165) is 10.8 Å². The van der Waals surface area contributed by atoms with Gasteiger partial charge in [-0.05, 0) is 37.6 Å². The fourth-order valence-electron chi connectivity index (χ4n) is 2.75. The summed E-state index contributed by atoms with van der Waals surface area (Å²) in [6.07, 6.45) is -0.722. The Balaban J connectivity index is 2.32. The van der Waals surface area contributed by atoms with Gasteiger partial charge in [0.2, 0.25) is 0 Å². The quantitative estimate of drug-likeness (QED) is 0.672. The van der Waals surface area contributed by atoms with Gasteiger partial charge in [0.1, 0.15) is 24.0 Å². The van der Waals surface area contributed by atoms with Crippen LogP contribution in [0.15, 0.2) is 36.4 Å². The number of aliphatic carboxylic acids is 1. The lowest BCUT2D eigenvalue weighted by Crippen LogP contribution is -2.44. The molecule has 1 unspecified atom stereocenters. The summed E-state index contributed by atoms with van der Waals surface area (Å²) < 4.78 is 16.0. The number of carboxylic acid groups (broad SMARTS) is 1. The Morgan fingerprint density at radius 1 is 1.11 bits per heavy atom. The van der Waals surface area contributed by atoms with Crippen LogP contribution in [0.2, 0.25) is 0 Å². The zero-order chi connectivity index (χ0) is 20.7. The fourth-order valence-corrected chi connectivity index (χ4v) is 2.75. The van der Waals surface area contributed by atoms with Gasteiger partial charge in [0.15, 0.2) is 0 Å². The molecule has 0 radical (unpaired) electrons. The van der Waals surface area contributed by atoms with Crippen LogP contribution in [0, 0.1) is 0 Å². The van der Waals surface area contributed by atoms with Crippen molar-refractivity contribution in [2.24, 2.45) is 0 Å². The van der Waals surface area contributed by atoms with Crippen LogP contribution in [0.25, 0.3) is 10.8 Å². The summed E-state index contributed by atoms with van der Waals surface area (Å²) in [5, 5.41) is 13.9. The maximum Gasteiger partial charge on any atom is 0.408 e. The molecular formula is C21H27NO6. The number of rotatable bonds is 8. The Labute approximate surface area is 164 Å². The Bertz CT molecular complexity index is 827. The van der Waals surface area contributed by atoms with E-state index in [1.54, 1.807) is 33.9 Å². The second kappa shape index (κ2) is 9.41. The molecule has 0 heterocycles. The summed E-state index contributed by atoms with van der Waals surface area (Å²) in [6.45, 7) is 5.89. The largest absolute Gasteiger partial charge is 0.491 e. The summed E-state index contributed by atoms with van der Waals surface area (Å²) >= 11 is 0. The van der Waals surface area contributed by atoms with Gasteiger partial charge < -0.3 is 24.6 Å². The lowest BCUT2D eigenvalue weighted by Gasteiger charge is -2.23. The summed E-state index contributed by atoms with van der Waals surface area (Å²) in [7, 11) is 1.58. The first-order valence-corrected chi connectivity index (χ1v) is 9.06. The van der Waals surface area contributed by atoms with Crippen molar-refractivity contribution in [3.8, 4) is 5.75 Å². The van der Waals surface area contributed by atoms with E-state index in [2.05, 4.69) is 5.32 Å². The molecule has 152 valence electrons. The molecule has 7 heteroatoms. The number of hydrogen-bond donors (Lipinski definition) is 2. The monoisotopic (exact) mass is 389 g/mol. The zero-order valence-electron chi connectivity index (χ0n) is 16.7. The second-order valence-corrected chi connectivity index (χ2v) is 7.35. The molecule has 1 atom stereocenters. The number of ether oxygens (including phenoxy) is 3. The van der Waals surface area contributed by atoms with Crippen LogP contribution in [-0.2, 0) is 20.7 Å². The highest BCUT2D eigenvalue weighted by Gasteiger charge is 2.26. The van der Waals surface area contributed by atoms with Crippen molar-refractivity contribution in [3.05, 3.63) is 42.0 Å². The average molecular weight is 389 g/mol. The van der Waals surface area contributed by atoms with Gasteiger partial charge in [-0.25, -0.2) is 9.59 Å². The van der Waals surface area contributed by atoms with Gasteiger partial charge >= 0.3 is 12.1 Å². The minimum atomic E-state index is -1.16. The van der Waals surface area contributed by atoms with E-state index in [9.17, 15) is 14.7 Å². The lowest BCUT2D eigenvalue weighted by atomic mass is 9.97. The fraction of sp³-hybridized carbons (Fsp3) is 0.429. The highest BCUT2D eigenvalue weighted by Crippen LogP contribution is 2.29. The molecule has 0 saturated heterocycles. The Morgan fingerprint density at radius 3 is 2.46 bits per heavy atom. The minimum absolute atomic E-state index is 0.0538. The SMILES string of the molecule is COCCOc1ccc2ccccc2c1CC(NC(=O)OC(C)(C)C)C(=O)O. The predicted octanol–water partition coefficient (Wildman–Crippen LogP) is 3.39. The molecule has 0 saturated carbocycles. The van der Waals surface area contributed by atoms with E-state index in [1.807, 2.05) is 30.3 Å². The third-order valence-electron chi connectivity index (χ3n) is 3.94. The molecule has 2 aromatic carbocycles. The molecule has 0 aliphatic carbocycles. The van der Waals surface area contributed by atoms with Crippen molar-refractivity contribution in [2.75, 3.05) is 20.3 Å². The molecule has 0 bridgehead atoms. The van der Waals surface area contributed by atoms with Gasteiger partial charge in [0.25, 0.3) is 0 Å². The Morgan fingerprint density at radius 2 is 1.82 bits per heavy atom. The first-order valence-electron chi connectivity index (χ1n) is 9.06. The number of fused-ring (bicyclic) bond motifs is 1. The van der Waals surface area contributed by atoms with Crippen LogP contribution in [0.1, 0.15) is 26.3 Å². The standard InChI is InChI=1S/C21H27NO6/c1-21(2,3)28-20(25)22-17(19(23)24)13-16-15-8-6-5-7-14(15)9-10-18(16)27-12-11-26-4/h5-10,17H,11-13H2,1-4H3,(H,22,25)(H,23,24). The topological polar surface area (TPSA) is 94.1 Å². The average Bonchev–Trinajstić information content (AvgIpc) is 2.61. The number of methoxy groups -OCH3 is 1. The Hall–Kier alpha value is -2.80. The van der Waals surface area contributed by atoms with Gasteiger partial charge in [0.05, 0.1) is 6.61 Å². The number of carbonyl (C=O) groups excluding carboxylic acids is 1. The van der Waals surface area contributed by atoms with Crippen LogP contribution < -0.4 is 10.1 Å². The van der Waals surface area contributed by atoms with Crippen LogP contribution in [0.3, 0.4) is 0 Å². The number of carbonyl (C=O) groups is 2. The number of benzene rings is 2. The van der Waals surface area contributed by atoms with Gasteiger partial charge in [-0.2, -0.15) is 0 Å². The maximum atomic E-state index is 12.1. The second-order valence-electron chi connectivity index (χ2n) is 7.35. The first-order chi connectivity index (χ1) is 13.2. The van der Waals surface area contributed by atoms with Crippen LogP contribution >= 0.6 is 0 Å². The molecule has 2 N–H and O–H groups in total. The third kappa shape index (κ3) is 6.13. The van der Waals surface area contributed by atoms with Crippen molar-refractivity contribution < 1.29 is 28.9 Å². The van der Waals surface area contributed by atoms with Crippen LogP contribution in [0.5, 0.6) is 5.75 Å². The number of alkyl carbamates (subject to hydrolysis) is 1. The Kier molecular flexibility index (Phi) is 7.23. The van der Waals surface area contributed by atoms with Crippen LogP contribution in [-0.4, -0.2) is 49.1 Å². The molecule has 0 aromatic heterocycles. The zero-order valence-corrected chi connectivity index (χ0v) is 16.7. The van der Waals surface area contributed by atoms with Crippen molar-refractivity contribution in [1.29, 1.82) is 0 Å². The van der Waals surface area contributed by atoms with E-state index < -0.39 is 23.7 Å². The molecule has 0 aliphatic rings. The summed E-state index contributed by atoms with van der Waals surface area (Å²) in [4.78, 5) is 23.9. The molecule has 0 spiro atoms. The van der Waals surface area contributed by atoms with E-state index in [1.165, 1.54) is 0 Å². The molecule has 0 fully saturated rings. The summed E-state index contributed by atoms with van der Waals surface area (Å²) in [5.41, 5.74) is -0.0151. The van der Waals surface area contributed by atoms with Gasteiger partial charge in [0, 0.05) is 19.1 Å². The number of carboxylic acids is 1. The smallest absolute Gasteiger partial charge is 0.408 e. The maximum absolute atomic E-state index is 12.1. The molecule has 1 amide bonds. The van der Waals surface area contributed by atoms with Gasteiger partial charge in [-0.15, -0.1) is 0 Å². The first kappa shape index (κ1) is 21.5. The molecule has 2 aromatic rings. The lowest BCUT2D eigenvalue weighted by molar-refractivity contribution is -0.139. The number of nitrogens with one attached hydrogen (secondary N) is 1. The molecule has 2 rings (SSSR count).